The van der Waals surface area contributed by atoms with E-state index in [1.165, 1.54) is 6.07 Å². The van der Waals surface area contributed by atoms with Crippen molar-refractivity contribution in [3.05, 3.63) is 73.7 Å². The van der Waals surface area contributed by atoms with Crippen molar-refractivity contribution < 1.29 is 9.90 Å². The molecule has 1 N–H and O–H groups in total. The fourth-order valence-corrected chi connectivity index (χ4v) is 3.81. The van der Waals surface area contributed by atoms with Crippen LogP contribution in [0, 0.1) is 5.92 Å². The van der Waals surface area contributed by atoms with E-state index in [1.807, 2.05) is 28.4 Å². The Morgan fingerprint density at radius 1 is 1.17 bits per heavy atom. The van der Waals surface area contributed by atoms with Crippen molar-refractivity contribution in [2.45, 2.75) is 40.3 Å². The molecule has 0 aliphatic rings. The molecule has 0 saturated carbocycles. The van der Waals surface area contributed by atoms with E-state index in [0.29, 0.717) is 45.9 Å². The van der Waals surface area contributed by atoms with Crippen LogP contribution < -0.4 is 5.43 Å². The first kappa shape index (κ1) is 22.1. The minimum Gasteiger partial charge on any atom is -0.477 e. The Labute approximate surface area is 184 Å². The molecule has 0 aliphatic carbocycles. The van der Waals surface area contributed by atoms with Crippen molar-refractivity contribution in [2.75, 3.05) is 0 Å². The first-order chi connectivity index (χ1) is 14.2. The van der Waals surface area contributed by atoms with Gasteiger partial charge in [-0.05, 0) is 31.0 Å². The molecule has 0 atom stereocenters. The molecule has 0 bridgehead atoms. The van der Waals surface area contributed by atoms with Crippen LogP contribution in [-0.4, -0.2) is 25.4 Å². The third-order valence-corrected chi connectivity index (χ3v) is 5.47. The van der Waals surface area contributed by atoms with E-state index in [1.54, 1.807) is 18.2 Å². The zero-order chi connectivity index (χ0) is 22.0. The fraction of sp³-hybridized carbons (Fsp3) is 0.318. The minimum absolute atomic E-state index is 0.288. The molecule has 0 unspecified atom stereocenters. The first-order valence-corrected chi connectivity index (χ1v) is 10.4. The van der Waals surface area contributed by atoms with Gasteiger partial charge >= 0.3 is 5.97 Å². The van der Waals surface area contributed by atoms with Crippen LogP contribution in [0.3, 0.4) is 0 Å². The second-order valence-electron chi connectivity index (χ2n) is 7.50. The Bertz CT molecular complexity index is 1150. The van der Waals surface area contributed by atoms with Gasteiger partial charge in [0.15, 0.2) is 5.43 Å². The van der Waals surface area contributed by atoms with Crippen LogP contribution in [0.1, 0.15) is 42.5 Å². The number of rotatable bonds is 7. The summed E-state index contributed by atoms with van der Waals surface area (Å²) in [6, 6.07) is 8.14. The highest BCUT2D eigenvalue weighted by atomic mass is 35.5. The molecule has 8 heteroatoms. The van der Waals surface area contributed by atoms with Crippen LogP contribution in [0.15, 0.2) is 41.3 Å². The molecule has 3 rings (SSSR count). The van der Waals surface area contributed by atoms with Crippen LogP contribution in [-0.2, 0) is 19.5 Å². The molecule has 1 aromatic carbocycles. The molecule has 2 aromatic heterocycles. The van der Waals surface area contributed by atoms with Crippen molar-refractivity contribution >= 4 is 29.2 Å². The molecule has 6 nitrogen and oxygen atoms in total. The number of carboxylic acids is 1. The van der Waals surface area contributed by atoms with E-state index in [9.17, 15) is 14.7 Å². The Morgan fingerprint density at radius 2 is 1.90 bits per heavy atom. The Balaban J connectivity index is 2.16. The van der Waals surface area contributed by atoms with Gasteiger partial charge in [-0.1, -0.05) is 43.1 Å². The summed E-state index contributed by atoms with van der Waals surface area (Å²) >= 11 is 12.2. The lowest BCUT2D eigenvalue weighted by Crippen LogP contribution is -2.23. The van der Waals surface area contributed by atoms with Crippen molar-refractivity contribution in [1.29, 1.82) is 0 Å². The van der Waals surface area contributed by atoms with Gasteiger partial charge < -0.3 is 9.67 Å². The largest absolute Gasteiger partial charge is 0.477 e. The van der Waals surface area contributed by atoms with Crippen molar-refractivity contribution in [2.24, 2.45) is 5.92 Å². The van der Waals surface area contributed by atoms with Crippen molar-refractivity contribution in [3.63, 3.8) is 0 Å². The molecule has 2 heterocycles. The van der Waals surface area contributed by atoms with Crippen LogP contribution in [0.5, 0.6) is 0 Å². The van der Waals surface area contributed by atoms with Crippen LogP contribution in [0.25, 0.3) is 11.3 Å². The smallest absolute Gasteiger partial charge is 0.341 e. The second-order valence-corrected chi connectivity index (χ2v) is 8.32. The number of halogens is 2. The first-order valence-electron chi connectivity index (χ1n) is 9.69. The summed E-state index contributed by atoms with van der Waals surface area (Å²) in [5.41, 5.74) is 1.48. The van der Waals surface area contributed by atoms with Gasteiger partial charge in [0.2, 0.25) is 0 Å². The monoisotopic (exact) mass is 447 g/mol. The van der Waals surface area contributed by atoms with Gasteiger partial charge in [-0.25, -0.2) is 4.79 Å². The third kappa shape index (κ3) is 4.60. The summed E-state index contributed by atoms with van der Waals surface area (Å²) in [6.45, 7) is 7.40. The van der Waals surface area contributed by atoms with E-state index in [0.717, 1.165) is 12.2 Å². The van der Waals surface area contributed by atoms with E-state index in [-0.39, 0.29) is 5.56 Å². The van der Waals surface area contributed by atoms with Gasteiger partial charge in [-0.3, -0.25) is 9.48 Å². The predicted molar refractivity (Wildman–Crippen MR) is 119 cm³/mol. The third-order valence-electron chi connectivity index (χ3n) is 4.73. The highest BCUT2D eigenvalue weighted by Gasteiger charge is 2.22. The maximum absolute atomic E-state index is 12.8. The minimum atomic E-state index is -1.28. The topological polar surface area (TPSA) is 77.1 Å². The molecular weight excluding hydrogens is 425 g/mol. The summed E-state index contributed by atoms with van der Waals surface area (Å²) in [5.74, 6) is -0.821. The van der Waals surface area contributed by atoms with Crippen molar-refractivity contribution in [3.8, 4) is 11.3 Å². The number of benzene rings is 1. The van der Waals surface area contributed by atoms with Gasteiger partial charge in [0.25, 0.3) is 0 Å². The van der Waals surface area contributed by atoms with Gasteiger partial charge in [0.1, 0.15) is 5.56 Å². The normalized spacial score (nSPS) is 11.3. The molecular formula is C22H23Cl2N3O3. The van der Waals surface area contributed by atoms with Gasteiger partial charge in [-0.2, -0.15) is 5.10 Å². The lowest BCUT2D eigenvalue weighted by Gasteiger charge is -2.19. The Kier molecular flexibility index (Phi) is 6.68. The average molecular weight is 448 g/mol. The Morgan fingerprint density at radius 3 is 2.50 bits per heavy atom. The van der Waals surface area contributed by atoms with Crippen LogP contribution >= 0.6 is 23.2 Å². The van der Waals surface area contributed by atoms with E-state index in [2.05, 4.69) is 18.9 Å². The second kappa shape index (κ2) is 9.06. The van der Waals surface area contributed by atoms with E-state index >= 15 is 0 Å². The summed E-state index contributed by atoms with van der Waals surface area (Å²) < 4.78 is 3.70. The number of hydrogen-bond donors (Lipinski definition) is 1. The van der Waals surface area contributed by atoms with E-state index in [4.69, 9.17) is 23.2 Å². The maximum Gasteiger partial charge on any atom is 0.341 e. The molecule has 0 radical (unpaired) electrons. The number of aromatic nitrogens is 3. The van der Waals surface area contributed by atoms with Crippen molar-refractivity contribution in [1.82, 2.24) is 14.3 Å². The number of carboxylic acid groups (broad SMARTS) is 1. The molecule has 0 saturated heterocycles. The standard InChI is InChI=1S/C22H23Cl2N3O3/c1-4-27-16(10-15-7-8-26(25-15)12-13(2)3)11-19(28)20(22(29)30)21(27)14-5-6-17(23)18(24)9-14/h5-9,11,13H,4,10,12H2,1-3H3,(H,29,30). The zero-order valence-corrected chi connectivity index (χ0v) is 18.5. The molecule has 30 heavy (non-hydrogen) atoms. The van der Waals surface area contributed by atoms with Gasteiger partial charge in [0, 0.05) is 43.0 Å². The summed E-state index contributed by atoms with van der Waals surface area (Å²) in [6.07, 6.45) is 2.32. The molecule has 158 valence electrons. The van der Waals surface area contributed by atoms with E-state index < -0.39 is 11.4 Å². The molecule has 3 aromatic rings. The summed E-state index contributed by atoms with van der Waals surface area (Å²) in [5, 5.41) is 15.0. The maximum atomic E-state index is 12.8. The zero-order valence-electron chi connectivity index (χ0n) is 17.0. The number of hydrogen-bond acceptors (Lipinski definition) is 3. The summed E-state index contributed by atoms with van der Waals surface area (Å²) in [4.78, 5) is 24.7. The summed E-state index contributed by atoms with van der Waals surface area (Å²) in [7, 11) is 0. The lowest BCUT2D eigenvalue weighted by atomic mass is 10.0. The molecule has 0 aliphatic heterocycles. The molecule has 0 amide bonds. The van der Waals surface area contributed by atoms with Crippen LogP contribution in [0.4, 0.5) is 0 Å². The van der Waals surface area contributed by atoms with Gasteiger partial charge in [0.05, 0.1) is 21.4 Å². The molecule has 0 fully saturated rings. The van der Waals surface area contributed by atoms with Gasteiger partial charge in [-0.15, -0.1) is 0 Å². The lowest BCUT2D eigenvalue weighted by molar-refractivity contribution is 0.0695. The van der Waals surface area contributed by atoms with Crippen LogP contribution in [0.2, 0.25) is 10.0 Å². The molecule has 0 spiro atoms. The average Bonchev–Trinajstić information content (AvgIpc) is 3.09. The predicted octanol–water partition coefficient (Wildman–Crippen LogP) is 4.98. The number of pyridine rings is 1. The number of carbonyl (C=O) groups is 1. The fourth-order valence-electron chi connectivity index (χ4n) is 3.51. The Hall–Kier alpha value is -2.57. The highest BCUT2D eigenvalue weighted by molar-refractivity contribution is 6.42. The quantitative estimate of drug-likeness (QED) is 0.553. The number of nitrogens with zero attached hydrogens (tertiary/aromatic N) is 3. The highest BCUT2D eigenvalue weighted by Crippen LogP contribution is 2.31. The SMILES string of the molecule is CCn1c(Cc2ccn(CC(C)C)n2)cc(=O)c(C(=O)O)c1-c1ccc(Cl)c(Cl)c1. The number of aromatic carboxylic acids is 1.